The Kier molecular flexibility index (Phi) is 4.28. The molecule has 5 nitrogen and oxygen atoms in total. The number of hydrogen-bond acceptors (Lipinski definition) is 3. The summed E-state index contributed by atoms with van der Waals surface area (Å²) in [6, 6.07) is 9.75. The third-order valence-corrected chi connectivity index (χ3v) is 5.37. The standard InChI is InChI=1S/C17H17FN2O3S/c1-2-20-16-9-6-14(11-12(16)3-10-17(20)21)19-24(22,23)15-7-4-13(18)5-8-15/h4-9,11,19H,2-3,10H2,1H3. The first-order chi connectivity index (χ1) is 11.4. The van der Waals surface area contributed by atoms with Crippen LogP contribution < -0.4 is 9.62 Å². The van der Waals surface area contributed by atoms with Crippen molar-refractivity contribution in [3.63, 3.8) is 0 Å². The zero-order valence-electron chi connectivity index (χ0n) is 13.1. The zero-order chi connectivity index (χ0) is 17.3. The Labute approximate surface area is 140 Å². The summed E-state index contributed by atoms with van der Waals surface area (Å²) in [6.07, 6.45) is 0.992. The Morgan fingerprint density at radius 2 is 1.83 bits per heavy atom. The van der Waals surface area contributed by atoms with Gasteiger partial charge in [0.05, 0.1) is 4.90 Å². The maximum absolute atomic E-state index is 12.9. The molecule has 0 spiro atoms. The van der Waals surface area contributed by atoms with E-state index >= 15 is 0 Å². The lowest BCUT2D eigenvalue weighted by molar-refractivity contribution is -0.118. The summed E-state index contributed by atoms with van der Waals surface area (Å²) in [5.74, 6) is -0.420. The molecule has 2 aromatic rings. The first kappa shape index (κ1) is 16.4. The molecule has 24 heavy (non-hydrogen) atoms. The van der Waals surface area contributed by atoms with Gasteiger partial charge in [0.25, 0.3) is 10.0 Å². The van der Waals surface area contributed by atoms with Crippen LogP contribution in [-0.2, 0) is 21.2 Å². The summed E-state index contributed by atoms with van der Waals surface area (Å²) in [5, 5.41) is 0. The quantitative estimate of drug-likeness (QED) is 0.924. The summed E-state index contributed by atoms with van der Waals surface area (Å²) < 4.78 is 40.2. The van der Waals surface area contributed by atoms with E-state index in [0.29, 0.717) is 25.1 Å². The fourth-order valence-electron chi connectivity index (χ4n) is 2.80. The monoisotopic (exact) mass is 348 g/mol. The van der Waals surface area contributed by atoms with Crippen molar-refractivity contribution in [2.24, 2.45) is 0 Å². The molecule has 126 valence electrons. The van der Waals surface area contributed by atoms with Crippen LogP contribution in [0.3, 0.4) is 0 Å². The summed E-state index contributed by atoms with van der Waals surface area (Å²) in [7, 11) is -3.78. The van der Waals surface area contributed by atoms with Gasteiger partial charge in [0, 0.05) is 24.3 Å². The Morgan fingerprint density at radius 3 is 2.50 bits per heavy atom. The van der Waals surface area contributed by atoms with E-state index in [9.17, 15) is 17.6 Å². The molecule has 0 atom stereocenters. The van der Waals surface area contributed by atoms with Gasteiger partial charge in [-0.2, -0.15) is 0 Å². The summed E-state index contributed by atoms with van der Waals surface area (Å²) in [4.78, 5) is 13.6. The second-order valence-corrected chi connectivity index (χ2v) is 7.22. The highest BCUT2D eigenvalue weighted by Crippen LogP contribution is 2.30. The van der Waals surface area contributed by atoms with Crippen molar-refractivity contribution in [2.75, 3.05) is 16.2 Å². The summed E-state index contributed by atoms with van der Waals surface area (Å²) in [5.41, 5.74) is 2.16. The van der Waals surface area contributed by atoms with Crippen LogP contribution in [-0.4, -0.2) is 20.9 Å². The smallest absolute Gasteiger partial charge is 0.261 e. The van der Waals surface area contributed by atoms with Gasteiger partial charge in [-0.1, -0.05) is 0 Å². The lowest BCUT2D eigenvalue weighted by Gasteiger charge is -2.28. The minimum Gasteiger partial charge on any atom is -0.312 e. The van der Waals surface area contributed by atoms with Crippen molar-refractivity contribution >= 4 is 27.3 Å². The van der Waals surface area contributed by atoms with Gasteiger partial charge >= 0.3 is 0 Å². The number of nitrogens with zero attached hydrogens (tertiary/aromatic N) is 1. The second-order valence-electron chi connectivity index (χ2n) is 5.54. The molecule has 0 bridgehead atoms. The van der Waals surface area contributed by atoms with Crippen molar-refractivity contribution in [2.45, 2.75) is 24.7 Å². The van der Waals surface area contributed by atoms with Gasteiger partial charge in [0.2, 0.25) is 5.91 Å². The van der Waals surface area contributed by atoms with Crippen molar-refractivity contribution in [1.82, 2.24) is 0 Å². The molecule has 1 aliphatic heterocycles. The van der Waals surface area contributed by atoms with Crippen LogP contribution in [0.5, 0.6) is 0 Å². The number of hydrogen-bond donors (Lipinski definition) is 1. The Hall–Kier alpha value is -2.41. The van der Waals surface area contributed by atoms with Crippen molar-refractivity contribution in [3.8, 4) is 0 Å². The number of sulfonamides is 1. The molecule has 0 saturated heterocycles. The SMILES string of the molecule is CCN1C(=O)CCc2cc(NS(=O)(=O)c3ccc(F)cc3)ccc21. The number of fused-ring (bicyclic) bond motifs is 1. The molecule has 1 amide bonds. The molecule has 2 aromatic carbocycles. The number of nitrogens with one attached hydrogen (secondary N) is 1. The molecule has 3 rings (SSSR count). The number of rotatable bonds is 4. The number of halogens is 1. The Balaban J connectivity index is 1.89. The van der Waals surface area contributed by atoms with Crippen molar-refractivity contribution in [3.05, 3.63) is 53.8 Å². The molecule has 0 radical (unpaired) electrons. The molecule has 0 saturated carbocycles. The fourth-order valence-corrected chi connectivity index (χ4v) is 3.85. The van der Waals surface area contributed by atoms with E-state index in [0.717, 1.165) is 23.4 Å². The van der Waals surface area contributed by atoms with Crippen LogP contribution in [0.2, 0.25) is 0 Å². The fraction of sp³-hybridized carbons (Fsp3) is 0.235. The molecule has 7 heteroatoms. The van der Waals surface area contributed by atoms with Gasteiger partial charge in [0.1, 0.15) is 5.82 Å². The average molecular weight is 348 g/mol. The minimum absolute atomic E-state index is 0.00742. The average Bonchev–Trinajstić information content (AvgIpc) is 2.55. The van der Waals surface area contributed by atoms with Gasteiger partial charge in [0.15, 0.2) is 0 Å². The van der Waals surface area contributed by atoms with E-state index in [1.165, 1.54) is 12.1 Å². The molecule has 1 N–H and O–H groups in total. The lowest BCUT2D eigenvalue weighted by atomic mass is 10.0. The number of amides is 1. The summed E-state index contributed by atoms with van der Waals surface area (Å²) >= 11 is 0. The number of benzene rings is 2. The molecule has 1 aliphatic rings. The zero-order valence-corrected chi connectivity index (χ0v) is 13.9. The molecule has 0 aliphatic carbocycles. The maximum Gasteiger partial charge on any atom is 0.261 e. The predicted octanol–water partition coefficient (Wildman–Crippen LogP) is 2.93. The first-order valence-corrected chi connectivity index (χ1v) is 9.10. The van der Waals surface area contributed by atoms with Gasteiger partial charge in [-0.15, -0.1) is 0 Å². The number of aryl methyl sites for hydroxylation is 1. The van der Waals surface area contributed by atoms with Crippen LogP contribution >= 0.6 is 0 Å². The van der Waals surface area contributed by atoms with Crippen LogP contribution in [0.15, 0.2) is 47.4 Å². The van der Waals surface area contributed by atoms with Crippen LogP contribution in [0.1, 0.15) is 18.9 Å². The topological polar surface area (TPSA) is 66.5 Å². The first-order valence-electron chi connectivity index (χ1n) is 7.62. The summed E-state index contributed by atoms with van der Waals surface area (Å²) in [6.45, 7) is 2.48. The maximum atomic E-state index is 12.9. The van der Waals surface area contributed by atoms with Crippen LogP contribution in [0.4, 0.5) is 15.8 Å². The van der Waals surface area contributed by atoms with E-state index in [1.54, 1.807) is 23.1 Å². The van der Waals surface area contributed by atoms with E-state index in [1.807, 2.05) is 6.92 Å². The van der Waals surface area contributed by atoms with Gasteiger partial charge < -0.3 is 4.90 Å². The number of carbonyl (C=O) groups is 1. The minimum atomic E-state index is -3.78. The number of carbonyl (C=O) groups excluding carboxylic acids is 1. The third kappa shape index (κ3) is 3.12. The van der Waals surface area contributed by atoms with E-state index < -0.39 is 15.8 Å². The highest BCUT2D eigenvalue weighted by Gasteiger charge is 2.23. The highest BCUT2D eigenvalue weighted by molar-refractivity contribution is 7.92. The Morgan fingerprint density at radius 1 is 1.12 bits per heavy atom. The van der Waals surface area contributed by atoms with Crippen LogP contribution in [0, 0.1) is 5.82 Å². The normalized spacial score (nSPS) is 14.4. The van der Waals surface area contributed by atoms with Crippen molar-refractivity contribution in [1.29, 1.82) is 0 Å². The van der Waals surface area contributed by atoms with Gasteiger partial charge in [-0.3, -0.25) is 9.52 Å². The second kappa shape index (κ2) is 6.24. The van der Waals surface area contributed by atoms with E-state index in [4.69, 9.17) is 0 Å². The van der Waals surface area contributed by atoms with Gasteiger partial charge in [-0.25, -0.2) is 12.8 Å². The van der Waals surface area contributed by atoms with Crippen molar-refractivity contribution < 1.29 is 17.6 Å². The third-order valence-electron chi connectivity index (χ3n) is 3.97. The number of anilines is 2. The molecule has 0 aromatic heterocycles. The van der Waals surface area contributed by atoms with E-state index in [2.05, 4.69) is 4.72 Å². The molecule has 1 heterocycles. The molecule has 0 unspecified atom stereocenters. The Bertz CT molecular complexity index is 879. The highest BCUT2D eigenvalue weighted by atomic mass is 32.2. The molecule has 0 fully saturated rings. The van der Waals surface area contributed by atoms with Gasteiger partial charge in [-0.05, 0) is 61.4 Å². The molecular weight excluding hydrogens is 331 g/mol. The predicted molar refractivity (Wildman–Crippen MR) is 90.0 cm³/mol. The van der Waals surface area contributed by atoms with E-state index in [-0.39, 0.29) is 10.8 Å². The molecular formula is C17H17FN2O3S. The lowest BCUT2D eigenvalue weighted by Crippen LogP contribution is -2.34. The largest absolute Gasteiger partial charge is 0.312 e. The van der Waals surface area contributed by atoms with Crippen LogP contribution in [0.25, 0.3) is 0 Å².